The van der Waals surface area contributed by atoms with Crippen LogP contribution in [0.5, 0.6) is 0 Å². The number of carboxylic acid groups (broad SMARTS) is 1. The number of guanidine groups is 1. The first-order valence-corrected chi connectivity index (χ1v) is 9.71. The summed E-state index contributed by atoms with van der Waals surface area (Å²) in [6.45, 7) is -1.46. The largest absolute Gasteiger partial charge is 0.480 e. The molecule has 6 heteroatoms. The maximum absolute atomic E-state index is 11.9. The van der Waals surface area contributed by atoms with Crippen LogP contribution in [0.15, 0.2) is 12.2 Å². The molecule has 0 aliphatic carbocycles. The van der Waals surface area contributed by atoms with E-state index in [-0.39, 0.29) is 6.42 Å². The highest BCUT2D eigenvalue weighted by Crippen LogP contribution is 2.09. The monoisotopic (exact) mass is 370 g/mol. The third-order valence-corrected chi connectivity index (χ3v) is 3.99. The van der Waals surface area contributed by atoms with E-state index < -0.39 is 31.4 Å². The molecule has 0 aromatic carbocycles. The van der Waals surface area contributed by atoms with Gasteiger partial charge in [-0.2, -0.15) is 0 Å². The second-order valence-electron chi connectivity index (χ2n) is 6.50. The molecular formula is C20H37N3O3. The van der Waals surface area contributed by atoms with Crippen molar-refractivity contribution in [3.63, 3.8) is 0 Å². The average Bonchev–Trinajstić information content (AvgIpc) is 2.62. The third-order valence-electron chi connectivity index (χ3n) is 3.99. The first-order valence-electron chi connectivity index (χ1n) is 11.2. The van der Waals surface area contributed by atoms with Gasteiger partial charge in [-0.05, 0) is 32.1 Å². The SMILES string of the molecule is [2H]C([2H])([2H])N(CC(=O)O)C(=N)NC(=O)CCCCCCC/C=C\CCCCCC. The van der Waals surface area contributed by atoms with Crippen molar-refractivity contribution >= 4 is 17.8 Å². The van der Waals surface area contributed by atoms with Crippen molar-refractivity contribution in [1.29, 1.82) is 5.41 Å². The second kappa shape index (κ2) is 16.6. The molecule has 1 amide bonds. The van der Waals surface area contributed by atoms with Gasteiger partial charge in [-0.1, -0.05) is 57.6 Å². The molecule has 0 aliphatic heterocycles. The van der Waals surface area contributed by atoms with Crippen molar-refractivity contribution in [3.05, 3.63) is 12.2 Å². The van der Waals surface area contributed by atoms with Crippen LogP contribution in [-0.2, 0) is 9.59 Å². The van der Waals surface area contributed by atoms with Crippen molar-refractivity contribution < 1.29 is 18.8 Å². The molecule has 0 fully saturated rings. The highest BCUT2D eigenvalue weighted by molar-refractivity contribution is 5.96. The fraction of sp³-hybridized carbons (Fsp3) is 0.750. The van der Waals surface area contributed by atoms with E-state index in [2.05, 4.69) is 24.4 Å². The maximum atomic E-state index is 11.9. The van der Waals surface area contributed by atoms with E-state index in [1.807, 2.05) is 0 Å². The number of aliphatic carboxylic acids is 1. The van der Waals surface area contributed by atoms with E-state index in [9.17, 15) is 9.59 Å². The zero-order valence-corrected chi connectivity index (χ0v) is 16.1. The van der Waals surface area contributed by atoms with E-state index in [0.29, 0.717) is 11.3 Å². The number of carbonyl (C=O) groups is 2. The molecule has 0 aromatic heterocycles. The van der Waals surface area contributed by atoms with E-state index >= 15 is 0 Å². The number of carboxylic acids is 1. The first-order chi connectivity index (χ1) is 13.7. The van der Waals surface area contributed by atoms with Gasteiger partial charge >= 0.3 is 5.97 Å². The Balaban J connectivity index is 3.82. The summed E-state index contributed by atoms with van der Waals surface area (Å²) >= 11 is 0. The number of nitrogens with zero attached hydrogens (tertiary/aromatic N) is 1. The Morgan fingerprint density at radius 3 is 2.19 bits per heavy atom. The lowest BCUT2D eigenvalue weighted by molar-refractivity contribution is -0.137. The van der Waals surface area contributed by atoms with Gasteiger partial charge in [0.1, 0.15) is 6.54 Å². The molecule has 0 heterocycles. The summed E-state index contributed by atoms with van der Waals surface area (Å²) in [5.41, 5.74) is 0. The topological polar surface area (TPSA) is 93.5 Å². The van der Waals surface area contributed by atoms with Gasteiger partial charge in [-0.3, -0.25) is 20.3 Å². The van der Waals surface area contributed by atoms with Crippen LogP contribution in [0, 0.1) is 5.41 Å². The molecule has 0 aromatic rings. The summed E-state index contributed by atoms with van der Waals surface area (Å²) in [4.78, 5) is 23.0. The molecule has 0 rings (SSSR count). The molecule has 150 valence electrons. The Hall–Kier alpha value is -1.85. The fourth-order valence-corrected chi connectivity index (χ4v) is 2.48. The Kier molecular flexibility index (Phi) is 12.1. The van der Waals surface area contributed by atoms with Crippen molar-refractivity contribution in [1.82, 2.24) is 10.2 Å². The lowest BCUT2D eigenvalue weighted by atomic mass is 10.1. The Bertz CT molecular complexity index is 523. The Morgan fingerprint density at radius 2 is 1.62 bits per heavy atom. The van der Waals surface area contributed by atoms with Crippen LogP contribution in [0.3, 0.4) is 0 Å². The number of hydrogen-bond acceptors (Lipinski definition) is 3. The van der Waals surface area contributed by atoms with Crippen molar-refractivity contribution in [2.45, 2.75) is 84.0 Å². The molecule has 3 N–H and O–H groups in total. The number of carbonyl (C=O) groups excluding carboxylic acids is 1. The van der Waals surface area contributed by atoms with Crippen LogP contribution >= 0.6 is 0 Å². The summed E-state index contributed by atoms with van der Waals surface area (Å²) in [6, 6.07) is 0. The Labute approximate surface area is 162 Å². The van der Waals surface area contributed by atoms with Gasteiger partial charge in [0, 0.05) is 17.5 Å². The van der Waals surface area contributed by atoms with Crippen LogP contribution in [0.4, 0.5) is 0 Å². The molecule has 0 spiro atoms. The Morgan fingerprint density at radius 1 is 1.04 bits per heavy atom. The number of likely N-dealkylation sites (N-methyl/N-ethyl adjacent to an activating group) is 1. The summed E-state index contributed by atoms with van der Waals surface area (Å²) < 4.78 is 21.8. The van der Waals surface area contributed by atoms with Crippen LogP contribution in [0.1, 0.15) is 88.1 Å². The predicted octanol–water partition coefficient (Wildman–Crippen LogP) is 4.31. The molecule has 0 saturated carbocycles. The summed E-state index contributed by atoms with van der Waals surface area (Å²) in [7, 11) is 0. The lowest BCUT2D eigenvalue weighted by Crippen LogP contribution is -2.43. The molecule has 6 nitrogen and oxygen atoms in total. The maximum Gasteiger partial charge on any atom is 0.323 e. The number of unbranched alkanes of at least 4 members (excludes halogenated alkanes) is 9. The number of hydrogen-bond donors (Lipinski definition) is 3. The molecule has 0 bridgehead atoms. The van der Waals surface area contributed by atoms with Crippen molar-refractivity contribution in [3.8, 4) is 0 Å². The minimum absolute atomic E-state index is 0.182. The van der Waals surface area contributed by atoms with Crippen LogP contribution in [0.2, 0.25) is 0 Å². The van der Waals surface area contributed by atoms with E-state index in [1.165, 1.54) is 25.7 Å². The van der Waals surface area contributed by atoms with Gasteiger partial charge < -0.3 is 10.0 Å². The predicted molar refractivity (Wildman–Crippen MR) is 106 cm³/mol. The number of amides is 1. The highest BCUT2D eigenvalue weighted by atomic mass is 16.4. The van der Waals surface area contributed by atoms with Gasteiger partial charge in [-0.15, -0.1) is 0 Å². The van der Waals surface area contributed by atoms with Gasteiger partial charge in [0.2, 0.25) is 5.91 Å². The first kappa shape index (κ1) is 18.9. The number of rotatable bonds is 15. The van der Waals surface area contributed by atoms with Crippen LogP contribution in [0.25, 0.3) is 0 Å². The lowest BCUT2D eigenvalue weighted by Gasteiger charge is -2.17. The van der Waals surface area contributed by atoms with Gasteiger partial charge in [0.25, 0.3) is 0 Å². The zero-order valence-electron chi connectivity index (χ0n) is 19.1. The van der Waals surface area contributed by atoms with Crippen LogP contribution in [-0.4, -0.2) is 41.4 Å². The smallest absolute Gasteiger partial charge is 0.323 e. The van der Waals surface area contributed by atoms with Gasteiger partial charge in [-0.25, -0.2) is 0 Å². The second-order valence-corrected chi connectivity index (χ2v) is 6.50. The van der Waals surface area contributed by atoms with Crippen molar-refractivity contribution in [2.24, 2.45) is 0 Å². The molecule has 0 atom stereocenters. The van der Waals surface area contributed by atoms with Gasteiger partial charge in [0.15, 0.2) is 5.96 Å². The van der Waals surface area contributed by atoms with Crippen LogP contribution < -0.4 is 5.32 Å². The standard InChI is InChI=1S/C20H37N3O3/c1-3-4-5-6-7-8-9-10-11-12-13-14-15-16-18(24)22-20(21)23(2)17-19(25)26/h8-9H,3-7,10-17H2,1-2H3,(H,25,26)(H2,21,22,24)/b9-8-/i2D3. The molecule has 0 radical (unpaired) electrons. The number of allylic oxidation sites excluding steroid dienone is 2. The summed E-state index contributed by atoms with van der Waals surface area (Å²) in [5, 5.41) is 18.6. The fourth-order valence-electron chi connectivity index (χ4n) is 2.48. The van der Waals surface area contributed by atoms with E-state index in [1.54, 1.807) is 0 Å². The normalized spacial score (nSPS) is 13.0. The molecule has 26 heavy (non-hydrogen) atoms. The number of nitrogens with one attached hydrogen (secondary N) is 2. The summed E-state index contributed by atoms with van der Waals surface area (Å²) in [6.07, 6.45) is 16.9. The molecule has 0 aliphatic rings. The zero-order chi connectivity index (χ0) is 22.1. The van der Waals surface area contributed by atoms with Gasteiger partial charge in [0.05, 0.1) is 0 Å². The minimum Gasteiger partial charge on any atom is -0.480 e. The highest BCUT2D eigenvalue weighted by Gasteiger charge is 2.11. The summed E-state index contributed by atoms with van der Waals surface area (Å²) in [5.74, 6) is -2.56. The van der Waals surface area contributed by atoms with E-state index in [4.69, 9.17) is 14.6 Å². The molecule has 0 saturated heterocycles. The third kappa shape index (κ3) is 15.7. The average molecular weight is 371 g/mol. The molecule has 0 unspecified atom stereocenters. The molecular weight excluding hydrogens is 330 g/mol. The van der Waals surface area contributed by atoms with E-state index in [0.717, 1.165) is 38.5 Å². The minimum atomic E-state index is -2.80. The van der Waals surface area contributed by atoms with Crippen molar-refractivity contribution in [2.75, 3.05) is 13.5 Å². The quantitative estimate of drug-likeness (QED) is 0.173.